The van der Waals surface area contributed by atoms with Crippen LogP contribution in [0, 0.1) is 0 Å². The number of benzene rings is 1. The second-order valence-corrected chi connectivity index (χ2v) is 6.96. The van der Waals surface area contributed by atoms with Crippen molar-refractivity contribution in [1.82, 2.24) is 4.90 Å². The third-order valence-electron chi connectivity index (χ3n) is 5.90. The lowest BCUT2D eigenvalue weighted by Crippen LogP contribution is -2.54. The monoisotopic (exact) mass is 341 g/mol. The summed E-state index contributed by atoms with van der Waals surface area (Å²) in [6, 6.07) is 4.37. The number of ketones is 1. The van der Waals surface area contributed by atoms with Gasteiger partial charge in [0.15, 0.2) is 17.3 Å². The zero-order valence-corrected chi connectivity index (χ0v) is 15.1. The Kier molecular flexibility index (Phi) is 3.65. The molecule has 0 amide bonds. The second kappa shape index (κ2) is 5.63. The topological polar surface area (TPSA) is 48.0 Å². The summed E-state index contributed by atoms with van der Waals surface area (Å²) in [6.07, 6.45) is 5.59. The third kappa shape index (κ3) is 2.15. The molecule has 0 radical (unpaired) electrons. The van der Waals surface area contributed by atoms with Gasteiger partial charge in [0, 0.05) is 11.5 Å². The maximum Gasteiger partial charge on any atom is 0.220 e. The third-order valence-corrected chi connectivity index (χ3v) is 5.90. The minimum absolute atomic E-state index is 0.0441. The van der Waals surface area contributed by atoms with Crippen LogP contribution in [0.1, 0.15) is 17.5 Å². The number of nitrogens with zero attached hydrogens (tertiary/aromatic N) is 1. The number of rotatable bonds is 3. The number of ether oxygens (including phenoxy) is 3. The van der Waals surface area contributed by atoms with Crippen molar-refractivity contribution in [3.63, 3.8) is 0 Å². The van der Waals surface area contributed by atoms with Crippen LogP contribution in [0.15, 0.2) is 35.6 Å². The number of piperidine rings is 1. The van der Waals surface area contributed by atoms with Gasteiger partial charge >= 0.3 is 0 Å². The molecule has 2 unspecified atom stereocenters. The highest BCUT2D eigenvalue weighted by molar-refractivity contribution is 6.05. The summed E-state index contributed by atoms with van der Waals surface area (Å²) in [5.74, 6) is 1.84. The zero-order valence-electron chi connectivity index (χ0n) is 15.1. The van der Waals surface area contributed by atoms with Crippen molar-refractivity contribution in [2.45, 2.75) is 24.3 Å². The van der Waals surface area contributed by atoms with Crippen LogP contribution in [0.4, 0.5) is 0 Å². The molecule has 2 bridgehead atoms. The summed E-state index contributed by atoms with van der Waals surface area (Å²) >= 11 is 0. The predicted octanol–water partition coefficient (Wildman–Crippen LogP) is 2.24. The van der Waals surface area contributed by atoms with Gasteiger partial charge in [-0.25, -0.2) is 0 Å². The van der Waals surface area contributed by atoms with Crippen molar-refractivity contribution in [3.05, 3.63) is 46.7 Å². The average molecular weight is 341 g/mol. The quantitative estimate of drug-likeness (QED) is 0.844. The first-order chi connectivity index (χ1) is 12.0. The Morgan fingerprint density at radius 1 is 1.12 bits per heavy atom. The number of allylic oxidation sites excluding steroid dienone is 2. The first kappa shape index (κ1) is 16.2. The molecule has 4 rings (SSSR count). The minimum Gasteiger partial charge on any atom is -0.493 e. The van der Waals surface area contributed by atoms with Gasteiger partial charge in [-0.3, -0.25) is 9.69 Å². The molecule has 2 atom stereocenters. The Balaban J connectivity index is 1.99. The number of fused-ring (bicyclic) bond motifs is 1. The van der Waals surface area contributed by atoms with E-state index in [1.165, 1.54) is 16.7 Å². The van der Waals surface area contributed by atoms with Crippen LogP contribution in [0.25, 0.3) is 0 Å². The van der Waals surface area contributed by atoms with Crippen LogP contribution in [-0.4, -0.2) is 51.6 Å². The summed E-state index contributed by atoms with van der Waals surface area (Å²) in [4.78, 5) is 14.8. The number of methoxy groups -OCH3 is 3. The number of likely N-dealkylation sites (tertiary alicyclic amines) is 1. The number of hydrogen-bond acceptors (Lipinski definition) is 5. The van der Waals surface area contributed by atoms with Crippen LogP contribution in [0.2, 0.25) is 0 Å². The Morgan fingerprint density at radius 3 is 2.52 bits per heavy atom. The zero-order chi connectivity index (χ0) is 17.8. The maximum atomic E-state index is 12.4. The van der Waals surface area contributed by atoms with Gasteiger partial charge in [0.1, 0.15) is 0 Å². The van der Waals surface area contributed by atoms with E-state index in [4.69, 9.17) is 14.2 Å². The standard InChI is InChI=1S/C20H23NO4/c1-21-6-5-20-11-19(25-4)16(22)9-14(20)15(21)7-12-8-17(23-2)18(24-3)10-13(12)20/h8-11,15H,5-7H2,1-4H3. The number of hydrogen-bond donors (Lipinski definition) is 0. The van der Waals surface area contributed by atoms with Crippen molar-refractivity contribution in [1.29, 1.82) is 0 Å². The highest BCUT2D eigenvalue weighted by atomic mass is 16.5. The van der Waals surface area contributed by atoms with Gasteiger partial charge in [-0.1, -0.05) is 0 Å². The summed E-state index contributed by atoms with van der Waals surface area (Å²) in [5, 5.41) is 0. The van der Waals surface area contributed by atoms with E-state index < -0.39 is 0 Å². The van der Waals surface area contributed by atoms with Crippen LogP contribution in [-0.2, 0) is 21.4 Å². The first-order valence-electron chi connectivity index (χ1n) is 8.53. The van der Waals surface area contributed by atoms with E-state index in [0.29, 0.717) is 5.76 Å². The lowest BCUT2D eigenvalue weighted by atomic mass is 9.59. The highest BCUT2D eigenvalue weighted by Gasteiger charge is 2.50. The normalized spacial score (nSPS) is 27.7. The van der Waals surface area contributed by atoms with E-state index in [-0.39, 0.29) is 17.2 Å². The molecule has 5 nitrogen and oxygen atoms in total. The SMILES string of the molecule is COC1=CC23CCN(C)C(Cc4cc(OC)c(OC)cc42)C3=CC1=O. The van der Waals surface area contributed by atoms with Crippen LogP contribution < -0.4 is 9.47 Å². The van der Waals surface area contributed by atoms with E-state index in [2.05, 4.69) is 24.1 Å². The Hall–Kier alpha value is -2.27. The number of likely N-dealkylation sites (N-methyl/N-ethyl adjacent to an activating group) is 1. The Bertz CT molecular complexity index is 810. The Labute approximate surface area is 147 Å². The molecule has 25 heavy (non-hydrogen) atoms. The van der Waals surface area contributed by atoms with E-state index >= 15 is 0 Å². The van der Waals surface area contributed by atoms with Gasteiger partial charge < -0.3 is 14.2 Å². The maximum absolute atomic E-state index is 12.4. The molecule has 1 aromatic rings. The van der Waals surface area contributed by atoms with Gasteiger partial charge in [0.2, 0.25) is 5.78 Å². The summed E-state index contributed by atoms with van der Waals surface area (Å²) in [6.45, 7) is 0.970. The van der Waals surface area contributed by atoms with Crippen LogP contribution in [0.3, 0.4) is 0 Å². The molecule has 1 fully saturated rings. The van der Waals surface area contributed by atoms with Crippen LogP contribution in [0.5, 0.6) is 11.5 Å². The molecule has 1 saturated heterocycles. The Morgan fingerprint density at radius 2 is 1.84 bits per heavy atom. The molecule has 0 spiro atoms. The lowest BCUT2D eigenvalue weighted by molar-refractivity contribution is -0.114. The molecule has 1 aromatic carbocycles. The van der Waals surface area contributed by atoms with E-state index in [9.17, 15) is 4.79 Å². The number of carbonyl (C=O) groups excluding carboxylic acids is 1. The number of carbonyl (C=O) groups is 1. The van der Waals surface area contributed by atoms with E-state index in [0.717, 1.165) is 30.9 Å². The van der Waals surface area contributed by atoms with Crippen molar-refractivity contribution < 1.29 is 19.0 Å². The van der Waals surface area contributed by atoms with Gasteiger partial charge in [-0.05, 0) is 67.4 Å². The molecule has 0 N–H and O–H groups in total. The molecule has 1 heterocycles. The summed E-state index contributed by atoms with van der Waals surface area (Å²) in [7, 11) is 7.00. The smallest absolute Gasteiger partial charge is 0.220 e. The molecular weight excluding hydrogens is 318 g/mol. The molecule has 0 saturated carbocycles. The molecule has 2 aliphatic carbocycles. The van der Waals surface area contributed by atoms with Crippen molar-refractivity contribution in [3.8, 4) is 11.5 Å². The second-order valence-electron chi connectivity index (χ2n) is 6.96. The summed E-state index contributed by atoms with van der Waals surface area (Å²) in [5.41, 5.74) is 3.31. The molecule has 132 valence electrons. The first-order valence-corrected chi connectivity index (χ1v) is 8.53. The largest absolute Gasteiger partial charge is 0.493 e. The molecule has 5 heteroatoms. The fourth-order valence-corrected chi connectivity index (χ4v) is 4.58. The minimum atomic E-state index is -0.302. The van der Waals surface area contributed by atoms with Crippen LogP contribution >= 0.6 is 0 Å². The molecule has 1 aliphatic heterocycles. The summed E-state index contributed by atoms with van der Waals surface area (Å²) < 4.78 is 16.4. The highest BCUT2D eigenvalue weighted by Crippen LogP contribution is 2.53. The fourth-order valence-electron chi connectivity index (χ4n) is 4.58. The molecular formula is C20H23NO4. The molecule has 3 aliphatic rings. The van der Waals surface area contributed by atoms with Gasteiger partial charge in [-0.2, -0.15) is 0 Å². The molecule has 0 aromatic heterocycles. The van der Waals surface area contributed by atoms with Crippen molar-refractivity contribution in [2.24, 2.45) is 0 Å². The van der Waals surface area contributed by atoms with Gasteiger partial charge in [0.25, 0.3) is 0 Å². The van der Waals surface area contributed by atoms with Crippen molar-refractivity contribution in [2.75, 3.05) is 34.9 Å². The lowest BCUT2D eigenvalue weighted by Gasteiger charge is -2.52. The average Bonchev–Trinajstić information content (AvgIpc) is 2.63. The predicted molar refractivity (Wildman–Crippen MR) is 94.1 cm³/mol. The fraction of sp³-hybridized carbons (Fsp3) is 0.450. The van der Waals surface area contributed by atoms with Crippen molar-refractivity contribution >= 4 is 5.78 Å². The van der Waals surface area contributed by atoms with Gasteiger partial charge in [-0.15, -0.1) is 0 Å². The van der Waals surface area contributed by atoms with E-state index in [1.807, 2.05) is 6.08 Å². The van der Waals surface area contributed by atoms with E-state index in [1.54, 1.807) is 27.4 Å². The van der Waals surface area contributed by atoms with Gasteiger partial charge in [0.05, 0.1) is 21.3 Å².